The van der Waals surface area contributed by atoms with Gasteiger partial charge in [0.05, 0.1) is 29.9 Å². The Morgan fingerprint density at radius 1 is 1.40 bits per heavy atom. The number of amides is 1. The highest BCUT2D eigenvalue weighted by Gasteiger charge is 2.33. The van der Waals surface area contributed by atoms with Crippen molar-refractivity contribution < 1.29 is 14.3 Å². The predicted octanol–water partition coefficient (Wildman–Crippen LogP) is 1.64. The molecule has 0 spiro atoms. The number of rotatable bonds is 6. The summed E-state index contributed by atoms with van der Waals surface area (Å²) >= 11 is 0. The third-order valence-electron chi connectivity index (χ3n) is 4.07. The van der Waals surface area contributed by atoms with Crippen molar-refractivity contribution in [3.63, 3.8) is 0 Å². The van der Waals surface area contributed by atoms with E-state index in [0.717, 1.165) is 19.6 Å². The number of hydrogen-bond acceptors (Lipinski definition) is 5. The van der Waals surface area contributed by atoms with Crippen LogP contribution >= 0.6 is 0 Å². The normalized spacial score (nSPS) is 20.0. The molecule has 1 amide bonds. The van der Waals surface area contributed by atoms with E-state index in [4.69, 9.17) is 14.7 Å². The Bertz CT molecular complexity index is 620. The molecule has 0 aliphatic carbocycles. The van der Waals surface area contributed by atoms with Gasteiger partial charge in [-0.05, 0) is 31.5 Å². The van der Waals surface area contributed by atoms with E-state index in [9.17, 15) is 4.79 Å². The molecule has 1 heterocycles. The van der Waals surface area contributed by atoms with Crippen molar-refractivity contribution in [1.29, 1.82) is 5.26 Å². The van der Waals surface area contributed by atoms with Gasteiger partial charge in [-0.3, -0.25) is 9.69 Å². The highest BCUT2D eigenvalue weighted by Crippen LogP contribution is 2.23. The van der Waals surface area contributed by atoms with Crippen molar-refractivity contribution in [3.8, 4) is 6.07 Å². The Morgan fingerprint density at radius 3 is 2.68 bits per heavy atom. The Morgan fingerprint density at radius 2 is 2.08 bits per heavy atom. The molecule has 0 unspecified atom stereocenters. The second kappa shape index (κ2) is 8.43. The molecule has 1 fully saturated rings. The smallest absolute Gasteiger partial charge is 0.248 e. The first-order chi connectivity index (χ1) is 11.8. The first kappa shape index (κ1) is 19.4. The van der Waals surface area contributed by atoms with Crippen molar-refractivity contribution in [1.82, 2.24) is 9.80 Å². The lowest BCUT2D eigenvalue weighted by Gasteiger charge is -2.42. The van der Waals surface area contributed by atoms with Crippen molar-refractivity contribution >= 4 is 5.91 Å². The number of nitrogens with zero attached hydrogens (tertiary/aromatic N) is 3. The van der Waals surface area contributed by atoms with Gasteiger partial charge in [0.2, 0.25) is 5.91 Å². The lowest BCUT2D eigenvalue weighted by atomic mass is 10.0. The standard InChI is InChI=1S/C19H27N3O3/c1-19(2)14-22(10-16-7-5-15(9-20)6-8-16)11-17(25-19)12-24-13-18(23)21(3)4/h5-8,17H,10-14H2,1-4H3/t17-/m0/s1. The molecular formula is C19H27N3O3. The minimum absolute atomic E-state index is 0.0514. The highest BCUT2D eigenvalue weighted by atomic mass is 16.5. The molecule has 1 atom stereocenters. The Labute approximate surface area is 149 Å². The van der Waals surface area contributed by atoms with Gasteiger partial charge in [-0.2, -0.15) is 5.26 Å². The number of carbonyl (C=O) groups is 1. The van der Waals surface area contributed by atoms with E-state index in [1.807, 2.05) is 24.3 Å². The predicted molar refractivity (Wildman–Crippen MR) is 94.9 cm³/mol. The molecule has 6 nitrogen and oxygen atoms in total. The number of hydrogen-bond donors (Lipinski definition) is 0. The van der Waals surface area contributed by atoms with E-state index < -0.39 is 0 Å². The van der Waals surface area contributed by atoms with Gasteiger partial charge in [0.1, 0.15) is 6.61 Å². The maximum Gasteiger partial charge on any atom is 0.248 e. The van der Waals surface area contributed by atoms with Crippen LogP contribution in [-0.2, 0) is 20.8 Å². The molecule has 0 bridgehead atoms. The van der Waals surface area contributed by atoms with E-state index in [0.29, 0.717) is 12.2 Å². The van der Waals surface area contributed by atoms with E-state index in [1.54, 1.807) is 14.1 Å². The van der Waals surface area contributed by atoms with Gasteiger partial charge in [-0.25, -0.2) is 0 Å². The third-order valence-corrected chi connectivity index (χ3v) is 4.07. The Kier molecular flexibility index (Phi) is 6.54. The van der Waals surface area contributed by atoms with Crippen LogP contribution in [0.1, 0.15) is 25.0 Å². The van der Waals surface area contributed by atoms with Crippen LogP contribution in [0.2, 0.25) is 0 Å². The molecule has 1 saturated heterocycles. The molecule has 2 rings (SSSR count). The number of morpholine rings is 1. The van der Waals surface area contributed by atoms with Crippen LogP contribution in [-0.4, -0.2) is 67.8 Å². The van der Waals surface area contributed by atoms with E-state index in [-0.39, 0.29) is 24.2 Å². The lowest BCUT2D eigenvalue weighted by Crippen LogP contribution is -2.53. The molecule has 1 aromatic rings. The highest BCUT2D eigenvalue weighted by molar-refractivity contribution is 5.76. The second-order valence-electron chi connectivity index (χ2n) is 7.28. The monoisotopic (exact) mass is 345 g/mol. The zero-order valence-electron chi connectivity index (χ0n) is 15.5. The quantitative estimate of drug-likeness (QED) is 0.784. The molecule has 136 valence electrons. The first-order valence-corrected chi connectivity index (χ1v) is 8.46. The average molecular weight is 345 g/mol. The Balaban J connectivity index is 1.90. The zero-order chi connectivity index (χ0) is 18.4. The number of benzene rings is 1. The number of ether oxygens (including phenoxy) is 2. The molecular weight excluding hydrogens is 318 g/mol. The minimum atomic E-state index is -0.273. The third kappa shape index (κ3) is 6.13. The van der Waals surface area contributed by atoms with Gasteiger partial charge in [-0.15, -0.1) is 0 Å². The fraction of sp³-hybridized carbons (Fsp3) is 0.579. The number of carbonyl (C=O) groups excluding carboxylic acids is 1. The second-order valence-corrected chi connectivity index (χ2v) is 7.28. The van der Waals surface area contributed by atoms with E-state index >= 15 is 0 Å². The van der Waals surface area contributed by atoms with Crippen LogP contribution in [0.3, 0.4) is 0 Å². The molecule has 6 heteroatoms. The van der Waals surface area contributed by atoms with Gasteiger partial charge >= 0.3 is 0 Å². The van der Waals surface area contributed by atoms with Crippen LogP contribution in [0.15, 0.2) is 24.3 Å². The molecule has 1 aliphatic rings. The van der Waals surface area contributed by atoms with Crippen LogP contribution in [0, 0.1) is 11.3 Å². The molecule has 1 aliphatic heterocycles. The van der Waals surface area contributed by atoms with Gasteiger partial charge in [0.15, 0.2) is 0 Å². The van der Waals surface area contributed by atoms with Crippen molar-refractivity contribution in [2.45, 2.75) is 32.1 Å². The van der Waals surface area contributed by atoms with Gasteiger partial charge in [-0.1, -0.05) is 12.1 Å². The molecule has 0 radical (unpaired) electrons. The van der Waals surface area contributed by atoms with Crippen LogP contribution in [0.25, 0.3) is 0 Å². The van der Waals surface area contributed by atoms with Crippen molar-refractivity contribution in [2.24, 2.45) is 0 Å². The molecule has 25 heavy (non-hydrogen) atoms. The largest absolute Gasteiger partial charge is 0.369 e. The SMILES string of the molecule is CN(C)C(=O)COC[C@@H]1CN(Cc2ccc(C#N)cc2)CC(C)(C)O1. The van der Waals surface area contributed by atoms with Crippen molar-refractivity contribution in [2.75, 3.05) is 40.4 Å². The Hall–Kier alpha value is -1.94. The fourth-order valence-electron chi connectivity index (χ4n) is 2.97. The zero-order valence-corrected chi connectivity index (χ0v) is 15.5. The lowest BCUT2D eigenvalue weighted by molar-refractivity contribution is -0.161. The summed E-state index contributed by atoms with van der Waals surface area (Å²) < 4.78 is 11.6. The summed E-state index contributed by atoms with van der Waals surface area (Å²) in [6.45, 7) is 6.97. The van der Waals surface area contributed by atoms with Gasteiger partial charge in [0.25, 0.3) is 0 Å². The first-order valence-electron chi connectivity index (χ1n) is 8.46. The summed E-state index contributed by atoms with van der Waals surface area (Å²) in [7, 11) is 3.43. The molecule has 1 aromatic carbocycles. The van der Waals surface area contributed by atoms with Crippen LogP contribution < -0.4 is 0 Å². The summed E-state index contributed by atoms with van der Waals surface area (Å²) in [5.74, 6) is -0.0514. The summed E-state index contributed by atoms with van der Waals surface area (Å²) in [6.07, 6.45) is -0.0721. The summed E-state index contributed by atoms with van der Waals surface area (Å²) in [6, 6.07) is 9.80. The summed E-state index contributed by atoms with van der Waals surface area (Å²) in [5.41, 5.74) is 1.56. The fourth-order valence-corrected chi connectivity index (χ4v) is 2.97. The number of likely N-dealkylation sites (N-methyl/N-ethyl adjacent to an activating group) is 1. The summed E-state index contributed by atoms with van der Waals surface area (Å²) in [5, 5.41) is 8.89. The number of nitriles is 1. The van der Waals surface area contributed by atoms with Crippen LogP contribution in [0.4, 0.5) is 0 Å². The molecule has 0 N–H and O–H groups in total. The van der Waals surface area contributed by atoms with E-state index in [1.165, 1.54) is 10.5 Å². The maximum absolute atomic E-state index is 11.6. The average Bonchev–Trinajstić information content (AvgIpc) is 2.54. The maximum atomic E-state index is 11.6. The van der Waals surface area contributed by atoms with Crippen LogP contribution in [0.5, 0.6) is 0 Å². The topological polar surface area (TPSA) is 65.8 Å². The van der Waals surface area contributed by atoms with Crippen molar-refractivity contribution in [3.05, 3.63) is 35.4 Å². The minimum Gasteiger partial charge on any atom is -0.369 e. The molecule has 0 aromatic heterocycles. The van der Waals surface area contributed by atoms with Gasteiger partial charge < -0.3 is 14.4 Å². The summed E-state index contributed by atoms with van der Waals surface area (Å²) in [4.78, 5) is 15.4. The van der Waals surface area contributed by atoms with E-state index in [2.05, 4.69) is 24.8 Å². The molecule has 0 saturated carbocycles. The van der Waals surface area contributed by atoms with Gasteiger partial charge in [0, 0.05) is 33.7 Å².